The molecule has 0 N–H and O–H groups in total. The molecule has 0 bridgehead atoms. The van der Waals surface area contributed by atoms with E-state index in [1.54, 1.807) is 6.20 Å². The Morgan fingerprint density at radius 2 is 2.20 bits per heavy atom. The Bertz CT molecular complexity index is 320. The number of hydrogen-bond donors (Lipinski definition) is 0. The van der Waals surface area contributed by atoms with Crippen molar-refractivity contribution >= 4 is 5.97 Å². The first-order chi connectivity index (χ1) is 7.06. The minimum Gasteiger partial charge on any atom is -0.466 e. The highest BCUT2D eigenvalue weighted by Gasteiger charge is 2.29. The first-order valence-electron chi connectivity index (χ1n) is 5.13. The van der Waals surface area contributed by atoms with Gasteiger partial charge in [0.2, 0.25) is 0 Å². The highest BCUT2D eigenvalue weighted by Crippen LogP contribution is 2.22. The van der Waals surface area contributed by atoms with Crippen LogP contribution in [0.3, 0.4) is 0 Å². The number of aromatic nitrogens is 1. The molecule has 0 aliphatic rings. The Balaban J connectivity index is 2.68. The summed E-state index contributed by atoms with van der Waals surface area (Å²) in [6, 6.07) is 5.70. The van der Waals surface area contributed by atoms with Crippen molar-refractivity contribution < 1.29 is 9.53 Å². The van der Waals surface area contributed by atoms with Crippen molar-refractivity contribution in [3.05, 3.63) is 30.1 Å². The lowest BCUT2D eigenvalue weighted by Crippen LogP contribution is -2.29. The largest absolute Gasteiger partial charge is 0.466 e. The summed E-state index contributed by atoms with van der Waals surface area (Å²) in [5.74, 6) is -0.171. The van der Waals surface area contributed by atoms with Gasteiger partial charge < -0.3 is 4.74 Å². The number of esters is 1. The van der Waals surface area contributed by atoms with Crippen molar-refractivity contribution in [1.82, 2.24) is 4.98 Å². The standard InChI is InChI=1S/C12H17NO2/c1-4-15-11(14)12(2,3)9-10-7-5-6-8-13-10/h5-8H,4,9H2,1-3H3. The normalized spacial score (nSPS) is 11.1. The van der Waals surface area contributed by atoms with E-state index in [0.29, 0.717) is 13.0 Å². The maximum absolute atomic E-state index is 11.6. The van der Waals surface area contributed by atoms with Gasteiger partial charge in [0.05, 0.1) is 12.0 Å². The van der Waals surface area contributed by atoms with Gasteiger partial charge in [-0.3, -0.25) is 9.78 Å². The number of hydrogen-bond acceptors (Lipinski definition) is 3. The number of nitrogens with zero attached hydrogens (tertiary/aromatic N) is 1. The van der Waals surface area contributed by atoms with Gasteiger partial charge in [-0.2, -0.15) is 0 Å². The van der Waals surface area contributed by atoms with Crippen molar-refractivity contribution in [2.24, 2.45) is 5.41 Å². The second-order valence-electron chi connectivity index (χ2n) is 4.10. The van der Waals surface area contributed by atoms with Crippen molar-refractivity contribution in [1.29, 1.82) is 0 Å². The lowest BCUT2D eigenvalue weighted by Gasteiger charge is -2.21. The van der Waals surface area contributed by atoms with E-state index in [1.165, 1.54) is 0 Å². The Labute approximate surface area is 90.5 Å². The van der Waals surface area contributed by atoms with Crippen LogP contribution >= 0.6 is 0 Å². The quantitative estimate of drug-likeness (QED) is 0.710. The molecule has 15 heavy (non-hydrogen) atoms. The van der Waals surface area contributed by atoms with E-state index in [2.05, 4.69) is 4.98 Å². The van der Waals surface area contributed by atoms with Crippen LogP contribution in [0, 0.1) is 5.41 Å². The number of carbonyl (C=O) groups excluding carboxylic acids is 1. The molecule has 0 unspecified atom stereocenters. The average Bonchev–Trinajstić information content (AvgIpc) is 2.19. The SMILES string of the molecule is CCOC(=O)C(C)(C)Cc1ccccn1. The zero-order valence-electron chi connectivity index (χ0n) is 9.49. The van der Waals surface area contributed by atoms with Gasteiger partial charge >= 0.3 is 5.97 Å². The third-order valence-corrected chi connectivity index (χ3v) is 2.18. The smallest absolute Gasteiger partial charge is 0.311 e. The van der Waals surface area contributed by atoms with Gasteiger partial charge in [-0.05, 0) is 32.9 Å². The second-order valence-corrected chi connectivity index (χ2v) is 4.10. The zero-order chi connectivity index (χ0) is 11.3. The van der Waals surface area contributed by atoms with E-state index < -0.39 is 5.41 Å². The van der Waals surface area contributed by atoms with Gasteiger partial charge in [-0.1, -0.05) is 6.07 Å². The lowest BCUT2D eigenvalue weighted by atomic mass is 9.88. The van der Waals surface area contributed by atoms with Crippen LogP contribution in [0.15, 0.2) is 24.4 Å². The van der Waals surface area contributed by atoms with Crippen LogP contribution in [-0.2, 0) is 16.0 Å². The van der Waals surface area contributed by atoms with E-state index in [-0.39, 0.29) is 5.97 Å². The fourth-order valence-corrected chi connectivity index (χ4v) is 1.35. The molecule has 1 aromatic rings. The molecule has 0 saturated heterocycles. The van der Waals surface area contributed by atoms with E-state index in [4.69, 9.17) is 4.74 Å². The molecule has 0 aliphatic carbocycles. The van der Waals surface area contributed by atoms with Crippen LogP contribution in [0.5, 0.6) is 0 Å². The molecule has 1 heterocycles. The summed E-state index contributed by atoms with van der Waals surface area (Å²) in [6.45, 7) is 5.98. The van der Waals surface area contributed by atoms with Crippen molar-refractivity contribution in [2.45, 2.75) is 27.2 Å². The highest BCUT2D eigenvalue weighted by molar-refractivity contribution is 5.76. The molecule has 0 aromatic carbocycles. The fourth-order valence-electron chi connectivity index (χ4n) is 1.35. The summed E-state index contributed by atoms with van der Waals surface area (Å²) in [5, 5.41) is 0. The molecule has 3 heteroatoms. The Morgan fingerprint density at radius 3 is 2.73 bits per heavy atom. The number of carbonyl (C=O) groups is 1. The first-order valence-corrected chi connectivity index (χ1v) is 5.13. The summed E-state index contributed by atoms with van der Waals surface area (Å²) in [4.78, 5) is 15.8. The number of rotatable bonds is 4. The molecule has 0 aliphatic heterocycles. The third kappa shape index (κ3) is 3.35. The molecule has 82 valence electrons. The molecule has 3 nitrogen and oxygen atoms in total. The first kappa shape index (κ1) is 11.7. The topological polar surface area (TPSA) is 39.2 Å². The molecule has 0 spiro atoms. The van der Waals surface area contributed by atoms with Gasteiger partial charge in [-0.25, -0.2) is 0 Å². The van der Waals surface area contributed by atoms with Crippen molar-refractivity contribution in [3.8, 4) is 0 Å². The Kier molecular flexibility index (Phi) is 3.83. The summed E-state index contributed by atoms with van der Waals surface area (Å²) in [5.41, 5.74) is 0.403. The van der Waals surface area contributed by atoms with Gasteiger partial charge in [0.25, 0.3) is 0 Å². The van der Waals surface area contributed by atoms with Gasteiger partial charge in [0.1, 0.15) is 0 Å². The van der Waals surface area contributed by atoms with Crippen LogP contribution in [0.4, 0.5) is 0 Å². The summed E-state index contributed by atoms with van der Waals surface area (Å²) < 4.78 is 5.01. The number of ether oxygens (including phenoxy) is 1. The summed E-state index contributed by atoms with van der Waals surface area (Å²) in [7, 11) is 0. The summed E-state index contributed by atoms with van der Waals surface area (Å²) >= 11 is 0. The van der Waals surface area contributed by atoms with Crippen molar-refractivity contribution in [2.75, 3.05) is 6.61 Å². The number of pyridine rings is 1. The Hall–Kier alpha value is -1.38. The van der Waals surface area contributed by atoms with Crippen LogP contribution in [0.2, 0.25) is 0 Å². The molecular formula is C12H17NO2. The van der Waals surface area contributed by atoms with E-state index in [9.17, 15) is 4.79 Å². The second kappa shape index (κ2) is 4.91. The fraction of sp³-hybridized carbons (Fsp3) is 0.500. The predicted octanol–water partition coefficient (Wildman–Crippen LogP) is 2.21. The third-order valence-electron chi connectivity index (χ3n) is 2.18. The monoisotopic (exact) mass is 207 g/mol. The maximum Gasteiger partial charge on any atom is 0.311 e. The van der Waals surface area contributed by atoms with E-state index in [1.807, 2.05) is 39.0 Å². The maximum atomic E-state index is 11.6. The molecule has 0 radical (unpaired) electrons. The molecule has 0 fully saturated rings. The van der Waals surface area contributed by atoms with Gasteiger partial charge in [0.15, 0.2) is 0 Å². The minimum atomic E-state index is -0.510. The zero-order valence-corrected chi connectivity index (χ0v) is 9.49. The summed E-state index contributed by atoms with van der Waals surface area (Å²) in [6.07, 6.45) is 2.34. The molecule has 0 atom stereocenters. The van der Waals surface area contributed by atoms with Gasteiger partial charge in [0, 0.05) is 18.3 Å². The van der Waals surface area contributed by atoms with Crippen molar-refractivity contribution in [3.63, 3.8) is 0 Å². The molecule has 0 saturated carbocycles. The minimum absolute atomic E-state index is 0.171. The molecule has 0 amide bonds. The van der Waals surface area contributed by atoms with Crippen LogP contribution < -0.4 is 0 Å². The Morgan fingerprint density at radius 1 is 1.47 bits per heavy atom. The molecule has 1 rings (SSSR count). The molecule has 1 aromatic heterocycles. The molecular weight excluding hydrogens is 190 g/mol. The van der Waals surface area contributed by atoms with E-state index >= 15 is 0 Å². The predicted molar refractivity (Wildman–Crippen MR) is 58.4 cm³/mol. The van der Waals surface area contributed by atoms with Crippen LogP contribution in [0.1, 0.15) is 26.5 Å². The highest BCUT2D eigenvalue weighted by atomic mass is 16.5. The van der Waals surface area contributed by atoms with E-state index in [0.717, 1.165) is 5.69 Å². The van der Waals surface area contributed by atoms with Crippen LogP contribution in [0.25, 0.3) is 0 Å². The lowest BCUT2D eigenvalue weighted by molar-refractivity contribution is -0.153. The average molecular weight is 207 g/mol. The van der Waals surface area contributed by atoms with Crippen LogP contribution in [-0.4, -0.2) is 17.6 Å². The van der Waals surface area contributed by atoms with Gasteiger partial charge in [-0.15, -0.1) is 0 Å².